The van der Waals surface area contributed by atoms with Crippen LogP contribution in [0.1, 0.15) is 0 Å². The van der Waals surface area contributed by atoms with Crippen molar-refractivity contribution in [2.45, 2.75) is 0 Å². The van der Waals surface area contributed by atoms with Crippen molar-refractivity contribution in [3.63, 3.8) is 0 Å². The van der Waals surface area contributed by atoms with Crippen molar-refractivity contribution in [2.75, 3.05) is 17.2 Å². The lowest BCUT2D eigenvalue weighted by Crippen LogP contribution is -2.25. The molecule has 1 amide bonds. The summed E-state index contributed by atoms with van der Waals surface area (Å²) in [6.07, 6.45) is 3.20. The monoisotopic (exact) mass is 397 g/mol. The fourth-order valence-electron chi connectivity index (χ4n) is 1.50. The minimum absolute atomic E-state index is 0. The van der Waals surface area contributed by atoms with Crippen LogP contribution in [0, 0.1) is 0 Å². The molecule has 2 rings (SSSR count). The maximum absolute atomic E-state index is 11.6. The number of rotatable bonds is 4. The molecule has 4 N–H and O–H groups in total. The van der Waals surface area contributed by atoms with E-state index in [1.165, 1.54) is 0 Å². The topological polar surface area (TPSA) is 92.4 Å². The van der Waals surface area contributed by atoms with E-state index < -0.39 is 0 Å². The van der Waals surface area contributed by atoms with Gasteiger partial charge in [-0.2, -0.15) is 0 Å². The molecule has 0 saturated carbocycles. The number of para-hydroxylation sites is 1. The second-order valence-corrected chi connectivity index (χ2v) is 3.98. The number of carbonyl (C=O) groups excluding carboxylic acids is 1. The van der Waals surface area contributed by atoms with Gasteiger partial charge in [-0.1, -0.05) is 18.2 Å². The fourth-order valence-corrected chi connectivity index (χ4v) is 1.50. The van der Waals surface area contributed by atoms with E-state index in [-0.39, 0.29) is 42.4 Å². The average Bonchev–Trinajstić information content (AvgIpc) is 2.47. The van der Waals surface area contributed by atoms with E-state index in [1.807, 2.05) is 30.3 Å². The summed E-state index contributed by atoms with van der Waals surface area (Å²) in [5, 5.41) is 5.57. The van der Waals surface area contributed by atoms with Crippen LogP contribution >= 0.6 is 24.0 Å². The molecule has 1 heterocycles. The van der Waals surface area contributed by atoms with Gasteiger partial charge in [0.05, 0.1) is 11.9 Å². The van der Waals surface area contributed by atoms with Crippen molar-refractivity contribution < 1.29 is 4.79 Å². The Morgan fingerprint density at radius 1 is 1.10 bits per heavy atom. The number of hydrogen-bond donors (Lipinski definition) is 3. The smallest absolute Gasteiger partial charge is 0.246 e. The van der Waals surface area contributed by atoms with E-state index in [0.29, 0.717) is 5.69 Å². The zero-order valence-corrected chi connectivity index (χ0v) is 13.5. The van der Waals surface area contributed by atoms with E-state index in [1.54, 1.807) is 24.5 Å². The fraction of sp³-hybridized carbons (Fsp3) is 0.0714. The van der Waals surface area contributed by atoms with Gasteiger partial charge in [0, 0.05) is 11.9 Å². The van der Waals surface area contributed by atoms with Gasteiger partial charge >= 0.3 is 0 Å². The molecule has 0 bridgehead atoms. The van der Waals surface area contributed by atoms with Crippen molar-refractivity contribution in [1.29, 1.82) is 0 Å². The van der Waals surface area contributed by atoms with Crippen LogP contribution < -0.4 is 16.4 Å². The second kappa shape index (κ2) is 8.90. The second-order valence-electron chi connectivity index (χ2n) is 3.98. The first kappa shape index (κ1) is 16.9. The maximum Gasteiger partial charge on any atom is 0.246 e. The third-order valence-corrected chi connectivity index (χ3v) is 2.38. The molecule has 0 spiro atoms. The molecule has 2 aromatic rings. The molecule has 0 aliphatic heterocycles. The first-order valence-corrected chi connectivity index (χ1v) is 6.06. The van der Waals surface area contributed by atoms with Crippen molar-refractivity contribution in [3.8, 4) is 0 Å². The normalized spacial score (nSPS) is 10.4. The van der Waals surface area contributed by atoms with Gasteiger partial charge in [-0.25, -0.2) is 4.99 Å². The number of benzene rings is 1. The Kier molecular flexibility index (Phi) is 7.16. The standard InChI is InChI=1S/C14H15N5O.HI/c15-14(19-11-5-2-1-3-6-11)17-10-13(20)18-12-7-4-8-16-9-12;/h1-9H,10H2,(H,18,20)(H3,15,17,19);1H. The summed E-state index contributed by atoms with van der Waals surface area (Å²) >= 11 is 0. The minimum Gasteiger partial charge on any atom is -0.370 e. The number of aromatic nitrogens is 1. The highest BCUT2D eigenvalue weighted by Crippen LogP contribution is 2.04. The maximum atomic E-state index is 11.6. The highest BCUT2D eigenvalue weighted by atomic mass is 127. The SMILES string of the molecule is I.NC(=NCC(=O)Nc1cccnc1)Nc1ccccc1. The van der Waals surface area contributed by atoms with E-state index in [0.717, 1.165) is 5.69 Å². The van der Waals surface area contributed by atoms with Crippen LogP contribution in [0.2, 0.25) is 0 Å². The van der Waals surface area contributed by atoms with Crippen LogP contribution in [-0.2, 0) is 4.79 Å². The number of halogens is 1. The van der Waals surface area contributed by atoms with Gasteiger partial charge in [0.1, 0.15) is 6.54 Å². The first-order valence-electron chi connectivity index (χ1n) is 6.06. The Hall–Kier alpha value is -2.16. The lowest BCUT2D eigenvalue weighted by atomic mass is 10.3. The molecule has 1 aromatic heterocycles. The van der Waals surface area contributed by atoms with Gasteiger partial charge in [0.15, 0.2) is 5.96 Å². The summed E-state index contributed by atoms with van der Waals surface area (Å²) in [5.74, 6) is -0.0617. The zero-order chi connectivity index (χ0) is 14.2. The number of anilines is 2. The van der Waals surface area contributed by atoms with Gasteiger partial charge in [-0.15, -0.1) is 24.0 Å². The molecule has 0 aliphatic carbocycles. The van der Waals surface area contributed by atoms with Crippen LogP contribution in [0.15, 0.2) is 59.9 Å². The third-order valence-electron chi connectivity index (χ3n) is 2.38. The van der Waals surface area contributed by atoms with Gasteiger partial charge in [0.25, 0.3) is 0 Å². The lowest BCUT2D eigenvalue weighted by Gasteiger charge is -2.05. The van der Waals surface area contributed by atoms with Gasteiger partial charge < -0.3 is 16.4 Å². The number of nitrogens with one attached hydrogen (secondary N) is 2. The van der Waals surface area contributed by atoms with E-state index in [4.69, 9.17) is 5.73 Å². The first-order chi connectivity index (χ1) is 9.74. The molecule has 0 fully saturated rings. The van der Waals surface area contributed by atoms with Crippen molar-refractivity contribution in [3.05, 3.63) is 54.9 Å². The van der Waals surface area contributed by atoms with Crippen LogP contribution in [0.4, 0.5) is 11.4 Å². The van der Waals surface area contributed by atoms with Crippen molar-refractivity contribution in [2.24, 2.45) is 10.7 Å². The van der Waals surface area contributed by atoms with Crippen LogP contribution in [-0.4, -0.2) is 23.4 Å². The quantitative estimate of drug-likeness (QED) is 0.419. The molecule has 0 aliphatic rings. The number of pyridine rings is 1. The molecule has 110 valence electrons. The summed E-state index contributed by atoms with van der Waals surface area (Å²) in [4.78, 5) is 19.5. The Morgan fingerprint density at radius 3 is 2.48 bits per heavy atom. The van der Waals surface area contributed by atoms with Crippen LogP contribution in [0.5, 0.6) is 0 Å². The van der Waals surface area contributed by atoms with Crippen LogP contribution in [0.3, 0.4) is 0 Å². The molecule has 0 unspecified atom stereocenters. The largest absolute Gasteiger partial charge is 0.370 e. The molecule has 0 radical (unpaired) electrons. The van der Waals surface area contributed by atoms with Gasteiger partial charge in [-0.05, 0) is 24.3 Å². The molecule has 21 heavy (non-hydrogen) atoms. The van der Waals surface area contributed by atoms with Gasteiger partial charge in [0.2, 0.25) is 5.91 Å². The predicted octanol–water partition coefficient (Wildman–Crippen LogP) is 2.06. The van der Waals surface area contributed by atoms with E-state index >= 15 is 0 Å². The highest BCUT2D eigenvalue weighted by Gasteiger charge is 2.01. The Morgan fingerprint density at radius 2 is 1.81 bits per heavy atom. The minimum atomic E-state index is -0.254. The zero-order valence-electron chi connectivity index (χ0n) is 11.2. The lowest BCUT2D eigenvalue weighted by molar-refractivity contribution is -0.114. The van der Waals surface area contributed by atoms with E-state index in [9.17, 15) is 4.79 Å². The molecule has 0 atom stereocenters. The van der Waals surface area contributed by atoms with Crippen molar-refractivity contribution >= 4 is 47.2 Å². The summed E-state index contributed by atoms with van der Waals surface area (Å²) in [7, 11) is 0. The number of guanidine groups is 1. The number of nitrogens with zero attached hydrogens (tertiary/aromatic N) is 2. The number of amides is 1. The predicted molar refractivity (Wildman–Crippen MR) is 94.8 cm³/mol. The number of aliphatic imine (C=N–C) groups is 1. The summed E-state index contributed by atoms with van der Waals surface area (Å²) in [6.45, 7) is -0.0550. The third kappa shape index (κ3) is 6.21. The average molecular weight is 397 g/mol. The molecule has 6 nitrogen and oxygen atoms in total. The Balaban J connectivity index is 0.00000220. The number of hydrogen-bond acceptors (Lipinski definition) is 3. The summed E-state index contributed by atoms with van der Waals surface area (Å²) < 4.78 is 0. The molecule has 1 aromatic carbocycles. The Bertz CT molecular complexity index is 589. The molecular formula is C14H16IN5O. The van der Waals surface area contributed by atoms with Crippen LogP contribution in [0.25, 0.3) is 0 Å². The number of carbonyl (C=O) groups is 1. The van der Waals surface area contributed by atoms with Gasteiger partial charge in [-0.3, -0.25) is 9.78 Å². The molecule has 7 heteroatoms. The summed E-state index contributed by atoms with van der Waals surface area (Å²) in [6, 6.07) is 12.9. The molecular weight excluding hydrogens is 381 g/mol. The highest BCUT2D eigenvalue weighted by molar-refractivity contribution is 14.0. The summed E-state index contributed by atoms with van der Waals surface area (Å²) in [5.41, 5.74) is 7.14. The molecule has 0 saturated heterocycles. The van der Waals surface area contributed by atoms with Crippen molar-refractivity contribution in [1.82, 2.24) is 4.98 Å². The van der Waals surface area contributed by atoms with E-state index in [2.05, 4.69) is 20.6 Å². The Labute approximate surface area is 139 Å². The number of nitrogens with two attached hydrogens (primary N) is 1.